The fourth-order valence-electron chi connectivity index (χ4n) is 4.37. The Morgan fingerprint density at radius 2 is 2.00 bits per heavy atom. The molecule has 4 aromatic heterocycles. The van der Waals surface area contributed by atoms with Crippen LogP contribution in [0.15, 0.2) is 46.8 Å². The number of benzene rings is 1. The minimum Gasteiger partial charge on any atom is -0.326 e. The van der Waals surface area contributed by atoms with Gasteiger partial charge in [0.15, 0.2) is 4.96 Å². The molecule has 0 atom stereocenters. The lowest BCUT2D eigenvalue weighted by molar-refractivity contribution is -0.116. The minimum absolute atomic E-state index is 0.0791. The van der Waals surface area contributed by atoms with Crippen LogP contribution in [0.1, 0.15) is 35.5 Å². The Hall–Kier alpha value is -3.30. The maximum absolute atomic E-state index is 12.7. The highest BCUT2D eigenvalue weighted by atomic mass is 32.1. The largest absolute Gasteiger partial charge is 0.326 e. The number of hydrogen-bond acceptors (Lipinski definition) is 6. The number of hydrogen-bond donors (Lipinski definition) is 2. The Morgan fingerprint density at radius 3 is 2.85 bits per heavy atom. The lowest BCUT2D eigenvalue weighted by atomic mass is 9.97. The minimum atomic E-state index is -0.113. The summed E-state index contributed by atoms with van der Waals surface area (Å²) in [5.74, 6) is 0.454. The van der Waals surface area contributed by atoms with Crippen LogP contribution in [0, 0.1) is 0 Å². The van der Waals surface area contributed by atoms with Gasteiger partial charge in [0.25, 0.3) is 5.56 Å². The molecule has 1 aliphatic carbocycles. The number of nitrogens with one attached hydrogen (secondary N) is 2. The number of aryl methyl sites for hydroxylation is 3. The highest BCUT2D eigenvalue weighted by molar-refractivity contribution is 7.18. The fourth-order valence-corrected chi connectivity index (χ4v) is 6.35. The average molecular weight is 476 g/mol. The fraction of sp³-hybridized carbons (Fsp3) is 0.250. The summed E-state index contributed by atoms with van der Waals surface area (Å²) in [7, 11) is 0. The highest BCUT2D eigenvalue weighted by Crippen LogP contribution is 2.33. The van der Waals surface area contributed by atoms with Crippen molar-refractivity contribution in [1.82, 2.24) is 19.4 Å². The molecule has 9 heteroatoms. The Bertz CT molecular complexity index is 1510. The maximum Gasteiger partial charge on any atom is 0.259 e. The lowest BCUT2D eigenvalue weighted by Gasteiger charge is -2.09. The summed E-state index contributed by atoms with van der Waals surface area (Å²) in [6.45, 7) is 0. The zero-order valence-electron chi connectivity index (χ0n) is 17.8. The Labute approximate surface area is 197 Å². The summed E-state index contributed by atoms with van der Waals surface area (Å²) in [5.41, 5.74) is 3.73. The van der Waals surface area contributed by atoms with E-state index >= 15 is 0 Å². The third-order valence-electron chi connectivity index (χ3n) is 6.02. The van der Waals surface area contributed by atoms with Gasteiger partial charge in [-0.15, -0.1) is 22.7 Å². The number of H-pyrrole nitrogens is 1. The van der Waals surface area contributed by atoms with Crippen molar-refractivity contribution in [2.45, 2.75) is 38.5 Å². The van der Waals surface area contributed by atoms with Gasteiger partial charge in [0.2, 0.25) is 5.91 Å². The van der Waals surface area contributed by atoms with Crippen LogP contribution in [0.3, 0.4) is 0 Å². The molecule has 2 N–H and O–H groups in total. The number of rotatable bonds is 5. The van der Waals surface area contributed by atoms with Gasteiger partial charge < -0.3 is 10.3 Å². The van der Waals surface area contributed by atoms with E-state index in [4.69, 9.17) is 0 Å². The second-order valence-electron chi connectivity index (χ2n) is 8.25. The van der Waals surface area contributed by atoms with Gasteiger partial charge in [0.05, 0.1) is 11.1 Å². The van der Waals surface area contributed by atoms with E-state index in [0.29, 0.717) is 12.2 Å². The zero-order valence-corrected chi connectivity index (χ0v) is 19.4. The molecule has 0 fully saturated rings. The standard InChI is InChI=1S/C24H21N5O2S2/c30-20(25-15-7-5-14(6-8-15)17-13-29-11-12-32-24(29)26-17)10-9-19-27-22(31)21-16-3-1-2-4-18(16)33-23(21)28-19/h5-8,11-13H,1-4,9-10H2,(H,25,30)(H,27,28,31). The molecule has 7 nitrogen and oxygen atoms in total. The number of anilines is 1. The Kier molecular flexibility index (Phi) is 5.07. The van der Waals surface area contributed by atoms with Gasteiger partial charge in [-0.2, -0.15) is 0 Å². The second kappa shape index (κ2) is 8.24. The van der Waals surface area contributed by atoms with Crippen LogP contribution in [0.2, 0.25) is 0 Å². The second-order valence-corrected chi connectivity index (χ2v) is 10.2. The molecule has 0 saturated heterocycles. The molecule has 4 heterocycles. The summed E-state index contributed by atoms with van der Waals surface area (Å²) < 4.78 is 2.00. The number of imidazole rings is 1. The van der Waals surface area contributed by atoms with Crippen LogP contribution < -0.4 is 10.9 Å². The number of nitrogens with zero attached hydrogens (tertiary/aromatic N) is 3. The van der Waals surface area contributed by atoms with E-state index in [0.717, 1.165) is 51.4 Å². The molecular formula is C24H21N5O2S2. The molecule has 1 aliphatic rings. The van der Waals surface area contributed by atoms with E-state index in [1.807, 2.05) is 46.4 Å². The monoisotopic (exact) mass is 475 g/mol. The number of carbonyl (C=O) groups is 1. The van der Waals surface area contributed by atoms with Crippen molar-refractivity contribution >= 4 is 49.4 Å². The van der Waals surface area contributed by atoms with E-state index in [-0.39, 0.29) is 17.9 Å². The molecule has 0 saturated carbocycles. The first-order chi connectivity index (χ1) is 16.1. The molecule has 0 bridgehead atoms. The predicted molar refractivity (Wildman–Crippen MR) is 132 cm³/mol. The molecule has 1 amide bonds. The van der Waals surface area contributed by atoms with E-state index in [2.05, 4.69) is 20.3 Å². The number of fused-ring (bicyclic) bond motifs is 4. The van der Waals surface area contributed by atoms with Gasteiger partial charge in [0, 0.05) is 46.7 Å². The van der Waals surface area contributed by atoms with E-state index in [9.17, 15) is 9.59 Å². The Morgan fingerprint density at radius 1 is 1.15 bits per heavy atom. The molecule has 33 heavy (non-hydrogen) atoms. The summed E-state index contributed by atoms with van der Waals surface area (Å²) in [6.07, 6.45) is 8.91. The number of aromatic nitrogens is 4. The SMILES string of the molecule is O=C(CCc1nc2sc3c(c2c(=O)[nH]1)CCCC3)Nc1ccc(-c2cn3ccsc3n2)cc1. The number of thiophene rings is 1. The van der Waals surface area contributed by atoms with Crippen LogP contribution in [0.5, 0.6) is 0 Å². The first-order valence-corrected chi connectivity index (χ1v) is 12.7. The molecular weight excluding hydrogens is 454 g/mol. The van der Waals surface area contributed by atoms with Crippen molar-refractivity contribution in [2.24, 2.45) is 0 Å². The summed E-state index contributed by atoms with van der Waals surface area (Å²) in [5, 5.41) is 5.68. The van der Waals surface area contributed by atoms with Crippen LogP contribution in [-0.2, 0) is 24.1 Å². The van der Waals surface area contributed by atoms with E-state index < -0.39 is 0 Å². The highest BCUT2D eigenvalue weighted by Gasteiger charge is 2.20. The van der Waals surface area contributed by atoms with E-state index in [1.54, 1.807) is 22.7 Å². The maximum atomic E-state index is 12.7. The van der Waals surface area contributed by atoms with Crippen molar-refractivity contribution in [1.29, 1.82) is 0 Å². The summed E-state index contributed by atoms with van der Waals surface area (Å²) >= 11 is 3.22. The third kappa shape index (κ3) is 3.87. The molecule has 6 rings (SSSR count). The number of thiazole rings is 1. The molecule has 5 aromatic rings. The van der Waals surface area contributed by atoms with Crippen molar-refractivity contribution in [3.63, 3.8) is 0 Å². The molecule has 0 spiro atoms. The first-order valence-electron chi connectivity index (χ1n) is 11.0. The number of carbonyl (C=O) groups excluding carboxylic acids is 1. The molecule has 166 valence electrons. The quantitative estimate of drug-likeness (QED) is 0.382. The third-order valence-corrected chi connectivity index (χ3v) is 7.98. The summed E-state index contributed by atoms with van der Waals surface area (Å²) in [4.78, 5) is 40.4. The van der Waals surface area contributed by atoms with E-state index in [1.165, 1.54) is 16.9 Å². The summed E-state index contributed by atoms with van der Waals surface area (Å²) in [6, 6.07) is 7.66. The molecule has 0 radical (unpaired) electrons. The van der Waals surface area contributed by atoms with Crippen LogP contribution in [0.4, 0.5) is 5.69 Å². The van der Waals surface area contributed by atoms with Crippen molar-refractivity contribution < 1.29 is 4.79 Å². The van der Waals surface area contributed by atoms with Crippen molar-refractivity contribution in [3.8, 4) is 11.3 Å². The van der Waals surface area contributed by atoms with Gasteiger partial charge in [-0.25, -0.2) is 9.97 Å². The average Bonchev–Trinajstić information content (AvgIpc) is 3.51. The van der Waals surface area contributed by atoms with Crippen LogP contribution >= 0.6 is 22.7 Å². The molecule has 1 aromatic carbocycles. The first kappa shape index (κ1) is 20.3. The Balaban J connectivity index is 1.12. The van der Waals surface area contributed by atoms with Gasteiger partial charge >= 0.3 is 0 Å². The predicted octanol–water partition coefficient (Wildman–Crippen LogP) is 4.81. The van der Waals surface area contributed by atoms with Gasteiger partial charge in [-0.05, 0) is 43.4 Å². The van der Waals surface area contributed by atoms with Crippen LogP contribution in [-0.4, -0.2) is 25.3 Å². The zero-order chi connectivity index (χ0) is 22.4. The van der Waals surface area contributed by atoms with Crippen molar-refractivity contribution in [3.05, 3.63) is 68.7 Å². The van der Waals surface area contributed by atoms with Gasteiger partial charge in [0.1, 0.15) is 10.7 Å². The normalized spacial score (nSPS) is 13.5. The molecule has 0 unspecified atom stereocenters. The number of amides is 1. The van der Waals surface area contributed by atoms with Crippen LogP contribution in [0.25, 0.3) is 26.4 Å². The smallest absolute Gasteiger partial charge is 0.259 e. The lowest BCUT2D eigenvalue weighted by Crippen LogP contribution is -2.16. The molecule has 0 aliphatic heterocycles. The van der Waals surface area contributed by atoms with Gasteiger partial charge in [-0.1, -0.05) is 12.1 Å². The topological polar surface area (TPSA) is 92.1 Å². The van der Waals surface area contributed by atoms with Gasteiger partial charge in [-0.3, -0.25) is 14.0 Å². The number of aromatic amines is 1. The van der Waals surface area contributed by atoms with Crippen molar-refractivity contribution in [2.75, 3.05) is 5.32 Å².